The summed E-state index contributed by atoms with van der Waals surface area (Å²) < 4.78 is 5.97. The zero-order valence-electron chi connectivity index (χ0n) is 9.90. The first-order valence-corrected chi connectivity index (χ1v) is 7.23. The van der Waals surface area contributed by atoms with Gasteiger partial charge in [0.05, 0.1) is 0 Å². The molecule has 0 bridgehead atoms. The smallest absolute Gasteiger partial charge is 0.131 e. The lowest BCUT2D eigenvalue weighted by Gasteiger charge is -2.25. The number of hydrogen-bond donors (Lipinski definition) is 1. The molecule has 2 aliphatic rings. The average molecular weight is 237 g/mol. The molecule has 1 N–H and O–H groups in total. The molecule has 1 aliphatic heterocycles. The molecule has 0 radical (unpaired) electrons. The summed E-state index contributed by atoms with van der Waals surface area (Å²) in [6.45, 7) is 5.69. The van der Waals surface area contributed by atoms with Crippen molar-refractivity contribution in [3.05, 3.63) is 23.7 Å². The lowest BCUT2D eigenvalue weighted by molar-refractivity contribution is 0.422. The molecule has 1 saturated carbocycles. The molecule has 1 aliphatic carbocycles. The van der Waals surface area contributed by atoms with E-state index < -0.39 is 0 Å². The van der Waals surface area contributed by atoms with Crippen molar-refractivity contribution >= 4 is 11.8 Å². The normalized spacial score (nSPS) is 38.6. The predicted octanol–water partition coefficient (Wildman–Crippen LogP) is 3.37. The van der Waals surface area contributed by atoms with Gasteiger partial charge >= 0.3 is 0 Å². The van der Waals surface area contributed by atoms with E-state index in [-0.39, 0.29) is 0 Å². The van der Waals surface area contributed by atoms with Gasteiger partial charge in [-0.3, -0.25) is 5.32 Å². The fourth-order valence-corrected chi connectivity index (χ4v) is 3.44. The Hall–Kier alpha value is -0.410. The second kappa shape index (κ2) is 4.11. The number of furan rings is 1. The molecule has 1 aromatic rings. The van der Waals surface area contributed by atoms with Crippen molar-refractivity contribution in [3.8, 4) is 0 Å². The SMILES string of the molecule is CC1CNC(c2ccc(C3CC3C)o2)SC1. The second-order valence-corrected chi connectivity index (χ2v) is 6.42. The zero-order valence-corrected chi connectivity index (χ0v) is 10.7. The van der Waals surface area contributed by atoms with Crippen molar-refractivity contribution in [2.75, 3.05) is 12.3 Å². The molecule has 0 amide bonds. The minimum absolute atomic E-state index is 0.374. The highest BCUT2D eigenvalue weighted by Gasteiger charge is 2.37. The van der Waals surface area contributed by atoms with Crippen molar-refractivity contribution in [2.45, 2.75) is 31.6 Å². The fraction of sp³-hybridized carbons (Fsp3) is 0.692. The Morgan fingerprint density at radius 3 is 2.69 bits per heavy atom. The van der Waals surface area contributed by atoms with E-state index in [9.17, 15) is 0 Å². The van der Waals surface area contributed by atoms with Gasteiger partial charge in [-0.15, -0.1) is 11.8 Å². The van der Waals surface area contributed by atoms with Crippen LogP contribution in [0.1, 0.15) is 43.1 Å². The van der Waals surface area contributed by atoms with Gasteiger partial charge in [-0.05, 0) is 42.7 Å². The summed E-state index contributed by atoms with van der Waals surface area (Å²) in [6.07, 6.45) is 1.30. The Labute approximate surface area is 101 Å². The molecule has 2 fully saturated rings. The lowest BCUT2D eigenvalue weighted by atomic mass is 10.2. The summed E-state index contributed by atoms with van der Waals surface area (Å²) in [5.74, 6) is 5.84. The molecule has 3 heteroatoms. The van der Waals surface area contributed by atoms with E-state index in [4.69, 9.17) is 4.42 Å². The molecule has 16 heavy (non-hydrogen) atoms. The largest absolute Gasteiger partial charge is 0.463 e. The van der Waals surface area contributed by atoms with Crippen molar-refractivity contribution in [1.82, 2.24) is 5.32 Å². The summed E-state index contributed by atoms with van der Waals surface area (Å²) in [7, 11) is 0. The Bertz CT molecular complexity index is 368. The lowest BCUT2D eigenvalue weighted by Crippen LogP contribution is -2.30. The average Bonchev–Trinajstić information content (AvgIpc) is 2.82. The predicted molar refractivity (Wildman–Crippen MR) is 67.6 cm³/mol. The van der Waals surface area contributed by atoms with Gasteiger partial charge in [-0.1, -0.05) is 13.8 Å². The Balaban J connectivity index is 1.68. The molecular weight excluding hydrogens is 218 g/mol. The summed E-state index contributed by atoms with van der Waals surface area (Å²) in [4.78, 5) is 0. The quantitative estimate of drug-likeness (QED) is 0.853. The van der Waals surface area contributed by atoms with Gasteiger partial charge in [-0.25, -0.2) is 0 Å². The number of rotatable bonds is 2. The molecule has 4 atom stereocenters. The van der Waals surface area contributed by atoms with Crippen LogP contribution in [0.25, 0.3) is 0 Å². The molecule has 1 saturated heterocycles. The second-order valence-electron chi connectivity index (χ2n) is 5.29. The van der Waals surface area contributed by atoms with E-state index in [0.29, 0.717) is 11.3 Å². The maximum atomic E-state index is 5.97. The van der Waals surface area contributed by atoms with Crippen LogP contribution in [0.5, 0.6) is 0 Å². The summed E-state index contributed by atoms with van der Waals surface area (Å²) >= 11 is 1.97. The fourth-order valence-electron chi connectivity index (χ4n) is 2.30. The van der Waals surface area contributed by atoms with E-state index in [1.165, 1.54) is 17.9 Å². The minimum atomic E-state index is 0.374. The van der Waals surface area contributed by atoms with Crippen LogP contribution in [0.15, 0.2) is 16.5 Å². The summed E-state index contributed by atoms with van der Waals surface area (Å²) in [5.41, 5.74) is 0. The third-order valence-corrected chi connectivity index (χ3v) is 5.07. The molecule has 4 unspecified atom stereocenters. The monoisotopic (exact) mass is 237 g/mol. The van der Waals surface area contributed by atoms with Crippen LogP contribution in [0.3, 0.4) is 0 Å². The van der Waals surface area contributed by atoms with Crippen LogP contribution < -0.4 is 5.32 Å². The topological polar surface area (TPSA) is 25.2 Å². The molecular formula is C13H19NOS. The Morgan fingerprint density at radius 2 is 2.06 bits per heavy atom. The van der Waals surface area contributed by atoms with Crippen molar-refractivity contribution in [3.63, 3.8) is 0 Å². The van der Waals surface area contributed by atoms with E-state index >= 15 is 0 Å². The summed E-state index contributed by atoms with van der Waals surface area (Å²) in [5, 5.41) is 3.91. The van der Waals surface area contributed by atoms with Gasteiger partial charge in [0.1, 0.15) is 16.9 Å². The van der Waals surface area contributed by atoms with Crippen molar-refractivity contribution in [1.29, 1.82) is 0 Å². The van der Waals surface area contributed by atoms with Crippen LogP contribution >= 0.6 is 11.8 Å². The maximum absolute atomic E-state index is 5.97. The van der Waals surface area contributed by atoms with Crippen molar-refractivity contribution < 1.29 is 4.42 Å². The van der Waals surface area contributed by atoms with Crippen molar-refractivity contribution in [2.24, 2.45) is 11.8 Å². The first kappa shape index (κ1) is 10.7. The number of nitrogens with one attached hydrogen (secondary N) is 1. The van der Waals surface area contributed by atoms with Gasteiger partial charge in [0, 0.05) is 5.92 Å². The van der Waals surface area contributed by atoms with Crippen LogP contribution in [0.2, 0.25) is 0 Å². The third kappa shape index (κ3) is 2.03. The standard InChI is InChI=1S/C13H19NOS/c1-8-6-14-13(16-7-8)12-4-3-11(15-12)10-5-9(10)2/h3-4,8-10,13-14H,5-7H2,1-2H3. The van der Waals surface area contributed by atoms with Gasteiger partial charge in [0.15, 0.2) is 0 Å². The highest BCUT2D eigenvalue weighted by molar-refractivity contribution is 7.99. The van der Waals surface area contributed by atoms with Gasteiger partial charge in [-0.2, -0.15) is 0 Å². The van der Waals surface area contributed by atoms with Crippen LogP contribution in [-0.2, 0) is 0 Å². The van der Waals surface area contributed by atoms with Gasteiger partial charge in [0.25, 0.3) is 0 Å². The van der Waals surface area contributed by atoms with E-state index in [2.05, 4.69) is 31.3 Å². The summed E-state index contributed by atoms with van der Waals surface area (Å²) in [6, 6.07) is 4.32. The van der Waals surface area contributed by atoms with Crippen LogP contribution in [0, 0.1) is 11.8 Å². The van der Waals surface area contributed by atoms with E-state index in [0.717, 1.165) is 24.1 Å². The highest BCUT2D eigenvalue weighted by Crippen LogP contribution is 2.48. The van der Waals surface area contributed by atoms with Gasteiger partial charge < -0.3 is 4.42 Å². The first-order valence-electron chi connectivity index (χ1n) is 6.18. The molecule has 0 spiro atoms. The molecule has 1 aromatic heterocycles. The Kier molecular flexibility index (Phi) is 2.76. The molecule has 88 valence electrons. The zero-order chi connectivity index (χ0) is 11.1. The molecule has 2 nitrogen and oxygen atoms in total. The third-order valence-electron chi connectivity index (χ3n) is 3.58. The highest BCUT2D eigenvalue weighted by atomic mass is 32.2. The van der Waals surface area contributed by atoms with Gasteiger partial charge in [0.2, 0.25) is 0 Å². The Morgan fingerprint density at radius 1 is 1.31 bits per heavy atom. The first-order chi connectivity index (χ1) is 7.74. The molecule has 0 aromatic carbocycles. The van der Waals surface area contributed by atoms with Crippen LogP contribution in [-0.4, -0.2) is 12.3 Å². The molecule has 2 heterocycles. The molecule has 3 rings (SSSR count). The number of hydrogen-bond acceptors (Lipinski definition) is 3. The van der Waals surface area contributed by atoms with E-state index in [1.807, 2.05) is 11.8 Å². The minimum Gasteiger partial charge on any atom is -0.463 e. The van der Waals surface area contributed by atoms with Crippen LogP contribution in [0.4, 0.5) is 0 Å². The maximum Gasteiger partial charge on any atom is 0.131 e. The number of thioether (sulfide) groups is 1. The van der Waals surface area contributed by atoms with E-state index in [1.54, 1.807) is 0 Å².